The minimum absolute atomic E-state index is 0.00391. The minimum Gasteiger partial charge on any atom is -0.508 e. The number of carbonyl (C=O) groups is 1. The summed E-state index contributed by atoms with van der Waals surface area (Å²) in [6, 6.07) is 5.65. The van der Waals surface area contributed by atoms with Crippen LogP contribution in [0.5, 0.6) is 17.2 Å². The summed E-state index contributed by atoms with van der Waals surface area (Å²) in [5.74, 6) is 11.1. The summed E-state index contributed by atoms with van der Waals surface area (Å²) >= 11 is 0. The summed E-state index contributed by atoms with van der Waals surface area (Å²) < 4.78 is 13.9. The monoisotopic (exact) mass is 931 g/mol. The van der Waals surface area contributed by atoms with E-state index in [9.17, 15) is 25.2 Å². The number of phenolic OH excluding ortho intramolecular Hbond substituents is 1. The number of ether oxygens (including phenoxy) is 2. The van der Waals surface area contributed by atoms with Gasteiger partial charge in [-0.05, 0) is 65.8 Å². The molecule has 2 aromatic rings. The fourth-order valence-electron chi connectivity index (χ4n) is 12.0. The molecule has 13 heteroatoms. The lowest BCUT2D eigenvalue weighted by atomic mass is 9.73. The van der Waals surface area contributed by atoms with Crippen molar-refractivity contribution in [1.29, 1.82) is 0 Å². The van der Waals surface area contributed by atoms with Gasteiger partial charge in [-0.1, -0.05) is 110 Å². The zero-order valence-corrected chi connectivity index (χ0v) is 39.6. The van der Waals surface area contributed by atoms with E-state index in [-0.39, 0.29) is 42.4 Å². The number of hydrogen-bond acceptors (Lipinski definition) is 12. The lowest BCUT2D eigenvalue weighted by Gasteiger charge is -2.37. The van der Waals surface area contributed by atoms with Gasteiger partial charge in [-0.15, -0.1) is 0 Å². The number of nitrogens with two attached hydrogens (primary N) is 1. The van der Waals surface area contributed by atoms with E-state index in [2.05, 4.69) is 48.4 Å². The Labute approximate surface area is 396 Å². The standard InChI is InChI=1S/C53H62N4O7S2/c1-3-4-5-8-35(49(62)36-10-9-30(2)21-45(36)60)44(59)15-13-34-40-29-66-65-28-32-25-56-51(54)37-12-11-33-38(48(32)37)22-31-24-55-42-27-57(26-39(31)42)52-41(14-16-43(33)58)53(17-6-7-18-53)19-20-63-47(23-46(34)61)50(40)64-52/h9-12,23-24,26,30,32,35-36,41,43,45,49,51-52,56,58,60-62H,3-8,13,15,17-18,21-22,25,27-29,54H2,1-2H3/p+1/t30-,32+,35-,36-,41+,43-,45-,49+,51+,52+/m1/s1. The van der Waals surface area contributed by atoms with Gasteiger partial charge in [0.15, 0.2) is 11.5 Å². The topological polar surface area (TPSA) is 171 Å². The van der Waals surface area contributed by atoms with E-state index in [1.54, 1.807) is 27.7 Å². The maximum atomic E-state index is 14.5. The number of quaternary nitrogens is 1. The zero-order chi connectivity index (χ0) is 45.7. The van der Waals surface area contributed by atoms with Crippen molar-refractivity contribution in [3.8, 4) is 41.1 Å². The number of ketones is 1. The summed E-state index contributed by atoms with van der Waals surface area (Å²) in [5, 5.41) is 50.8. The number of unbranched alkanes of at least 4 members (excludes halogenated alkanes) is 2. The van der Waals surface area contributed by atoms with Crippen LogP contribution < -0.4 is 25.4 Å². The fourth-order valence-corrected chi connectivity index (χ4v) is 14.5. The molecule has 0 saturated heterocycles. The highest BCUT2D eigenvalue weighted by Gasteiger charge is 2.52. The third kappa shape index (κ3) is 8.58. The maximum Gasteiger partial charge on any atom is 0.252 e. The number of aliphatic hydroxyl groups is 3. The summed E-state index contributed by atoms with van der Waals surface area (Å²) in [6.07, 6.45) is 15.6. The van der Waals surface area contributed by atoms with E-state index in [4.69, 9.17) is 20.2 Å². The lowest BCUT2D eigenvalue weighted by Crippen LogP contribution is -3.13. The van der Waals surface area contributed by atoms with Crippen LogP contribution in [-0.2, 0) is 23.4 Å². The van der Waals surface area contributed by atoms with Crippen molar-refractivity contribution in [3.63, 3.8) is 0 Å². The highest BCUT2D eigenvalue weighted by atomic mass is 33.1. The van der Waals surface area contributed by atoms with Crippen molar-refractivity contribution in [1.82, 2.24) is 5.32 Å². The molecule has 7 aliphatic heterocycles. The smallest absolute Gasteiger partial charge is 0.252 e. The number of benzene rings is 2. The normalized spacial score (nSPS) is 30.9. The molecular formula is C53H63N4O7S2+. The van der Waals surface area contributed by atoms with Crippen LogP contribution in [-0.4, -0.2) is 69.2 Å². The number of rotatable bonds is 10. The van der Waals surface area contributed by atoms with E-state index in [0.717, 1.165) is 100 Å². The van der Waals surface area contributed by atoms with Gasteiger partial charge in [-0.2, -0.15) is 0 Å². The number of hydrogen-bond donors (Lipinski definition) is 7. The SMILES string of the molecule is CCCCC[C@H](C(=O)CCc1c(O)cc2c3c1CSSC[C@@H]1CN[C@H](N)c4ccc5c(c41)CC1=CN=C4C[NH+](C=C14)[C@@H](O3)[C@H](C#C[C@H]5O)C1(C#CO2)CCCC1)[C@H](O)[C@@H]1C=C[C@@H](C)C[C@H]1O. The highest BCUT2D eigenvalue weighted by Crippen LogP contribution is 2.50. The van der Waals surface area contributed by atoms with Crippen molar-refractivity contribution in [2.45, 2.75) is 133 Å². The number of allylic oxidation sites excluding steroid dienone is 2. The molecule has 0 aromatic heterocycles. The second-order valence-electron chi connectivity index (χ2n) is 19.9. The van der Waals surface area contributed by atoms with Gasteiger partial charge in [0.25, 0.3) is 6.23 Å². The van der Waals surface area contributed by atoms with Crippen LogP contribution in [0.1, 0.15) is 130 Å². The van der Waals surface area contributed by atoms with Gasteiger partial charge < -0.3 is 35.6 Å². The number of aliphatic hydroxyl groups excluding tert-OH is 3. The van der Waals surface area contributed by atoms with Gasteiger partial charge in [0.05, 0.1) is 29.4 Å². The second-order valence-corrected chi connectivity index (χ2v) is 22.4. The third-order valence-electron chi connectivity index (χ3n) is 15.7. The van der Waals surface area contributed by atoms with E-state index < -0.39 is 47.7 Å². The predicted molar refractivity (Wildman–Crippen MR) is 258 cm³/mol. The average Bonchev–Trinajstić information content (AvgIpc) is 4.05. The minimum atomic E-state index is -1.07. The van der Waals surface area contributed by atoms with Crippen LogP contribution in [0, 0.1) is 53.0 Å². The fraction of sp³-hybridized carbons (Fsp3) is 0.547. The van der Waals surface area contributed by atoms with Crippen LogP contribution in [0.3, 0.4) is 0 Å². The Morgan fingerprint density at radius 2 is 1.95 bits per heavy atom. The predicted octanol–water partition coefficient (Wildman–Crippen LogP) is 6.21. The molecule has 1 spiro atoms. The van der Waals surface area contributed by atoms with Gasteiger partial charge in [-0.3, -0.25) is 20.0 Å². The number of Topliss-reactive ketones (excluding diaryl/α,β-unsaturated/α-hetero) is 1. The molecule has 7 heterocycles. The molecule has 8 N–H and O–H groups in total. The molecule has 0 radical (unpaired) electrons. The first-order valence-corrected chi connectivity index (χ1v) is 26.7. The highest BCUT2D eigenvalue weighted by molar-refractivity contribution is 8.76. The molecule has 8 bridgehead atoms. The molecule has 11 atom stereocenters. The Hall–Kier alpha value is -4.02. The van der Waals surface area contributed by atoms with Crippen molar-refractivity contribution >= 4 is 33.1 Å². The Kier molecular flexibility index (Phi) is 13.3. The number of fused-ring (bicyclic) bond motifs is 4. The maximum absolute atomic E-state index is 14.5. The molecule has 66 heavy (non-hydrogen) atoms. The Bertz CT molecular complexity index is 2510. The summed E-state index contributed by atoms with van der Waals surface area (Å²) in [4.78, 5) is 20.6. The van der Waals surface area contributed by atoms with Crippen molar-refractivity contribution in [3.05, 3.63) is 87.3 Å². The van der Waals surface area contributed by atoms with Gasteiger partial charge in [-0.25, -0.2) is 0 Å². The Morgan fingerprint density at radius 3 is 2.77 bits per heavy atom. The summed E-state index contributed by atoms with van der Waals surface area (Å²) in [7, 11) is 3.40. The van der Waals surface area contributed by atoms with Crippen LogP contribution in [0.2, 0.25) is 0 Å². The molecule has 11 nitrogen and oxygen atoms in total. The molecule has 1 saturated carbocycles. The quantitative estimate of drug-likeness (QED) is 0.0626. The van der Waals surface area contributed by atoms with E-state index in [0.29, 0.717) is 55.2 Å². The first-order chi connectivity index (χ1) is 32.0. The molecular weight excluding hydrogens is 869 g/mol. The molecule has 2 aromatic carbocycles. The molecule has 1 fully saturated rings. The first-order valence-electron chi connectivity index (χ1n) is 24.3. The zero-order valence-electron chi connectivity index (χ0n) is 38.0. The number of nitrogens with zero attached hydrogens (tertiary/aromatic N) is 1. The number of carbonyl (C=O) groups excluding carboxylic acids is 1. The number of aromatic hydroxyl groups is 1. The average molecular weight is 932 g/mol. The Balaban J connectivity index is 1.10. The van der Waals surface area contributed by atoms with E-state index >= 15 is 0 Å². The summed E-state index contributed by atoms with van der Waals surface area (Å²) in [6.45, 7) is 5.40. The molecule has 1 unspecified atom stereocenters. The van der Waals surface area contributed by atoms with E-state index in [1.165, 1.54) is 0 Å². The van der Waals surface area contributed by atoms with Crippen molar-refractivity contribution in [2.75, 3.05) is 18.8 Å². The third-order valence-corrected chi connectivity index (χ3v) is 18.0. The van der Waals surface area contributed by atoms with Crippen LogP contribution in [0.25, 0.3) is 0 Å². The molecule has 348 valence electrons. The molecule has 0 amide bonds. The van der Waals surface area contributed by atoms with Gasteiger partial charge in [0.2, 0.25) is 0 Å². The molecule has 11 rings (SSSR count). The lowest BCUT2D eigenvalue weighted by molar-refractivity contribution is -0.888. The van der Waals surface area contributed by atoms with Gasteiger partial charge >= 0.3 is 0 Å². The number of phenols is 1. The van der Waals surface area contributed by atoms with Crippen LogP contribution >= 0.6 is 21.6 Å². The van der Waals surface area contributed by atoms with Crippen LogP contribution in [0.4, 0.5) is 0 Å². The molecule has 9 aliphatic rings. The van der Waals surface area contributed by atoms with Gasteiger partial charge in [0.1, 0.15) is 48.1 Å². The van der Waals surface area contributed by atoms with Gasteiger partial charge in [0, 0.05) is 72.0 Å². The summed E-state index contributed by atoms with van der Waals surface area (Å²) in [5.41, 5.74) is 14.7. The number of nitrogens with one attached hydrogen (secondary N) is 2. The van der Waals surface area contributed by atoms with Crippen LogP contribution in [0.15, 0.2) is 58.9 Å². The van der Waals surface area contributed by atoms with Crippen molar-refractivity contribution < 1.29 is 39.6 Å². The molecule has 2 aliphatic carbocycles. The van der Waals surface area contributed by atoms with Crippen molar-refractivity contribution in [2.24, 2.45) is 39.8 Å². The van der Waals surface area contributed by atoms with E-state index in [1.807, 2.05) is 31.3 Å². The number of aliphatic imine (C=N–C) groups is 1. The second kappa shape index (κ2) is 19.2. The Morgan fingerprint density at radius 1 is 1.12 bits per heavy atom. The first kappa shape index (κ1) is 45.7. The largest absolute Gasteiger partial charge is 0.508 e.